The van der Waals surface area contributed by atoms with Gasteiger partial charge in [0.15, 0.2) is 0 Å². The van der Waals surface area contributed by atoms with Gasteiger partial charge in [-0.05, 0) is 24.0 Å². The Kier molecular flexibility index (Phi) is 5.72. The highest BCUT2D eigenvalue weighted by atomic mass is 14.2. The van der Waals surface area contributed by atoms with Crippen LogP contribution in [0.1, 0.15) is 28.1 Å². The molecule has 72 valence electrons. The monoisotopic (exact) mass is 176 g/mol. The lowest BCUT2D eigenvalue weighted by atomic mass is 10.1. The van der Waals surface area contributed by atoms with E-state index in [-0.39, 0.29) is 1.43 Å². The van der Waals surface area contributed by atoms with Crippen LogP contribution in [-0.2, 0) is 0 Å². The zero-order chi connectivity index (χ0) is 10.3. The average Bonchev–Trinajstić information content (AvgIpc) is 2.63. The lowest BCUT2D eigenvalue weighted by Crippen LogP contribution is -1.87. The van der Waals surface area contributed by atoms with E-state index in [1.54, 1.807) is 0 Å². The van der Waals surface area contributed by atoms with Crippen LogP contribution in [-0.4, -0.2) is 0 Å². The summed E-state index contributed by atoms with van der Waals surface area (Å²) in [5, 5.41) is 0. The van der Waals surface area contributed by atoms with E-state index in [4.69, 9.17) is 6.42 Å². The van der Waals surface area contributed by atoms with Crippen LogP contribution in [0.15, 0.2) is 36.5 Å². The van der Waals surface area contributed by atoms with E-state index in [2.05, 4.69) is 19.1 Å². The molecule has 0 saturated heterocycles. The Balaban J connectivity index is 0. The first-order valence-corrected chi connectivity index (χ1v) is 4.74. The van der Waals surface area contributed by atoms with Crippen molar-refractivity contribution >= 4 is 0 Å². The molecule has 13 heavy (non-hydrogen) atoms. The summed E-state index contributed by atoms with van der Waals surface area (Å²) in [5.74, 6) is 3.13. The van der Waals surface area contributed by atoms with Crippen molar-refractivity contribution in [1.29, 1.82) is 0 Å². The SMILES string of the molecule is C#CC1CC(C=C)=C(C=C)C1.CC.[HH]. The van der Waals surface area contributed by atoms with Gasteiger partial charge in [0.2, 0.25) is 0 Å². The molecular formula is C13H20. The highest BCUT2D eigenvalue weighted by molar-refractivity contribution is 5.37. The van der Waals surface area contributed by atoms with Gasteiger partial charge in [-0.3, -0.25) is 0 Å². The second-order valence-corrected chi connectivity index (χ2v) is 2.73. The van der Waals surface area contributed by atoms with Gasteiger partial charge in [0.25, 0.3) is 0 Å². The summed E-state index contributed by atoms with van der Waals surface area (Å²) < 4.78 is 0. The van der Waals surface area contributed by atoms with E-state index in [9.17, 15) is 0 Å². The standard InChI is InChI=1S/C11H12.C2H6.H2/c1-4-9-7-10(5-2)11(6-3)8-9;1-2;/h1,5-6,9H,2-3,7-8H2;1-2H3;1H. The molecule has 0 unspecified atom stereocenters. The van der Waals surface area contributed by atoms with Crippen molar-refractivity contribution in [3.63, 3.8) is 0 Å². The second-order valence-electron chi connectivity index (χ2n) is 2.73. The average molecular weight is 176 g/mol. The Morgan fingerprint density at radius 2 is 1.69 bits per heavy atom. The summed E-state index contributed by atoms with van der Waals surface area (Å²) in [4.78, 5) is 0. The van der Waals surface area contributed by atoms with E-state index in [1.807, 2.05) is 26.0 Å². The topological polar surface area (TPSA) is 0 Å². The van der Waals surface area contributed by atoms with Crippen LogP contribution >= 0.6 is 0 Å². The zero-order valence-electron chi connectivity index (χ0n) is 8.64. The molecule has 0 amide bonds. The molecule has 0 aromatic carbocycles. The number of hydrogen-bond acceptors (Lipinski definition) is 0. The predicted molar refractivity (Wildman–Crippen MR) is 62.4 cm³/mol. The normalized spacial score (nSPS) is 15.8. The summed E-state index contributed by atoms with van der Waals surface area (Å²) >= 11 is 0. The Morgan fingerprint density at radius 3 is 1.92 bits per heavy atom. The van der Waals surface area contributed by atoms with Crippen LogP contribution in [0, 0.1) is 18.3 Å². The lowest BCUT2D eigenvalue weighted by Gasteiger charge is -1.96. The van der Waals surface area contributed by atoms with Crippen LogP contribution in [0.25, 0.3) is 0 Å². The third-order valence-electron chi connectivity index (χ3n) is 2.07. The van der Waals surface area contributed by atoms with Gasteiger partial charge in [-0.1, -0.05) is 39.2 Å². The fourth-order valence-corrected chi connectivity index (χ4v) is 1.41. The Bertz CT molecular complexity index is 233. The lowest BCUT2D eigenvalue weighted by molar-refractivity contribution is 0.730. The van der Waals surface area contributed by atoms with Crippen molar-refractivity contribution in [2.45, 2.75) is 26.7 Å². The molecule has 0 saturated carbocycles. The van der Waals surface area contributed by atoms with Crippen LogP contribution in [0.3, 0.4) is 0 Å². The highest BCUT2D eigenvalue weighted by Gasteiger charge is 2.18. The summed E-state index contributed by atoms with van der Waals surface area (Å²) in [6.45, 7) is 11.5. The molecule has 0 bridgehead atoms. The molecule has 0 fully saturated rings. The summed E-state index contributed by atoms with van der Waals surface area (Å²) in [5.41, 5.74) is 2.53. The van der Waals surface area contributed by atoms with Crippen molar-refractivity contribution in [2.75, 3.05) is 0 Å². The summed E-state index contributed by atoms with van der Waals surface area (Å²) in [7, 11) is 0. The van der Waals surface area contributed by atoms with E-state index in [0.29, 0.717) is 5.92 Å². The third-order valence-corrected chi connectivity index (χ3v) is 2.07. The molecule has 1 aliphatic rings. The molecule has 1 rings (SSSR count). The minimum absolute atomic E-state index is 0. The van der Waals surface area contributed by atoms with Gasteiger partial charge < -0.3 is 0 Å². The van der Waals surface area contributed by atoms with Crippen molar-refractivity contribution in [1.82, 2.24) is 0 Å². The molecule has 0 aromatic heterocycles. The molecule has 0 radical (unpaired) electrons. The van der Waals surface area contributed by atoms with Gasteiger partial charge in [0.05, 0.1) is 0 Å². The summed E-state index contributed by atoms with van der Waals surface area (Å²) in [6.07, 6.45) is 11.0. The third kappa shape index (κ3) is 2.95. The molecular weight excluding hydrogens is 156 g/mol. The molecule has 0 heterocycles. The van der Waals surface area contributed by atoms with Gasteiger partial charge >= 0.3 is 0 Å². The molecule has 0 atom stereocenters. The first-order chi connectivity index (χ1) is 6.31. The predicted octanol–water partition coefficient (Wildman–Crippen LogP) is 3.97. The fourth-order valence-electron chi connectivity index (χ4n) is 1.41. The van der Waals surface area contributed by atoms with Gasteiger partial charge in [-0.15, -0.1) is 12.3 Å². The number of terminal acetylenes is 1. The Labute approximate surface area is 83.5 Å². The fraction of sp³-hybridized carbons (Fsp3) is 0.385. The number of allylic oxidation sites excluding steroid dienone is 4. The quantitative estimate of drug-likeness (QED) is 0.558. The molecule has 0 spiro atoms. The first-order valence-electron chi connectivity index (χ1n) is 4.74. The van der Waals surface area contributed by atoms with Crippen LogP contribution in [0.4, 0.5) is 0 Å². The Morgan fingerprint density at radius 1 is 1.31 bits per heavy atom. The largest absolute Gasteiger partial charge is 0.120 e. The van der Waals surface area contributed by atoms with Gasteiger partial charge in [-0.25, -0.2) is 0 Å². The van der Waals surface area contributed by atoms with E-state index < -0.39 is 0 Å². The van der Waals surface area contributed by atoms with Crippen LogP contribution < -0.4 is 0 Å². The second kappa shape index (κ2) is 6.31. The molecule has 0 N–H and O–H groups in total. The molecule has 0 aliphatic heterocycles. The van der Waals surface area contributed by atoms with Gasteiger partial charge in [0.1, 0.15) is 0 Å². The number of rotatable bonds is 2. The molecule has 0 aromatic rings. The van der Waals surface area contributed by atoms with E-state index >= 15 is 0 Å². The van der Waals surface area contributed by atoms with Crippen molar-refractivity contribution in [3.8, 4) is 12.3 Å². The highest BCUT2D eigenvalue weighted by Crippen LogP contribution is 2.31. The van der Waals surface area contributed by atoms with Crippen LogP contribution in [0.2, 0.25) is 0 Å². The van der Waals surface area contributed by atoms with E-state index in [0.717, 1.165) is 12.8 Å². The minimum atomic E-state index is 0. The van der Waals surface area contributed by atoms with E-state index in [1.165, 1.54) is 11.1 Å². The van der Waals surface area contributed by atoms with Gasteiger partial charge in [0, 0.05) is 7.34 Å². The molecule has 1 aliphatic carbocycles. The first kappa shape index (κ1) is 11.8. The van der Waals surface area contributed by atoms with Crippen molar-refractivity contribution < 1.29 is 1.43 Å². The molecule has 0 heteroatoms. The van der Waals surface area contributed by atoms with Crippen molar-refractivity contribution in [2.24, 2.45) is 5.92 Å². The summed E-state index contributed by atoms with van der Waals surface area (Å²) in [6, 6.07) is 0. The maximum absolute atomic E-state index is 5.32. The van der Waals surface area contributed by atoms with Crippen molar-refractivity contribution in [3.05, 3.63) is 36.5 Å². The number of hydrogen-bond donors (Lipinski definition) is 0. The molecule has 0 nitrogen and oxygen atoms in total. The maximum Gasteiger partial charge on any atom is 0.0281 e. The Hall–Kier alpha value is -1.22. The van der Waals surface area contributed by atoms with Crippen LogP contribution in [0.5, 0.6) is 0 Å². The minimum Gasteiger partial charge on any atom is -0.120 e. The smallest absolute Gasteiger partial charge is 0.0281 e. The van der Waals surface area contributed by atoms with Gasteiger partial charge in [-0.2, -0.15) is 0 Å². The maximum atomic E-state index is 5.32. The zero-order valence-corrected chi connectivity index (χ0v) is 8.64.